The summed E-state index contributed by atoms with van der Waals surface area (Å²) >= 11 is 0. The molecule has 2 rings (SSSR count). The van der Waals surface area contributed by atoms with E-state index in [0.29, 0.717) is 23.5 Å². The Balaban J connectivity index is 0.000000705. The molecule has 0 aliphatic rings. The molecule has 0 unspecified atom stereocenters. The number of benzene rings is 2. The monoisotopic (exact) mass is 373 g/mol. The Morgan fingerprint density at radius 2 is 1.68 bits per heavy atom. The first-order valence-corrected chi connectivity index (χ1v) is 10.9. The minimum atomic E-state index is -0.443. The number of rotatable bonds is 6. The lowest BCUT2D eigenvalue weighted by Gasteiger charge is -2.06. The molecule has 0 saturated carbocycles. The Morgan fingerprint density at radius 1 is 1.12 bits per heavy atom. The Kier molecular flexibility index (Phi) is 9.93. The normalized spacial score (nSPS) is 9.96. The zero-order valence-corrected chi connectivity index (χ0v) is 18.2. The molecule has 7 heteroatoms. The molecular formula is C18H23NO4Si2. The Bertz CT molecular complexity index is 680. The van der Waals surface area contributed by atoms with Crippen molar-refractivity contribution < 1.29 is 18.4 Å². The van der Waals surface area contributed by atoms with E-state index in [-0.39, 0.29) is 9.76 Å². The second kappa shape index (κ2) is 12.0. The molecule has 0 bridgehead atoms. The second-order valence-corrected chi connectivity index (χ2v) is 7.86. The van der Waals surface area contributed by atoms with E-state index in [9.17, 15) is 4.79 Å². The highest BCUT2D eigenvalue weighted by molar-refractivity contribution is 6.32. The number of hydrogen-bond acceptors (Lipinski definition) is 5. The molecule has 0 heterocycles. The highest BCUT2D eigenvalue weighted by Gasteiger charge is 2.08. The number of carbonyl (C=O) groups excluding carboxylic acids is 1. The average Bonchev–Trinajstić information content (AvgIpc) is 2.67. The smallest absolute Gasteiger partial charge is 0.343 e. The van der Waals surface area contributed by atoms with Crippen LogP contribution in [0.2, 0.25) is 6.55 Å². The molecule has 0 atom stereocenters. The molecule has 0 amide bonds. The van der Waals surface area contributed by atoms with E-state index in [1.54, 1.807) is 48.5 Å². The van der Waals surface area contributed by atoms with Gasteiger partial charge in [0.25, 0.3) is 0 Å². The largest absolute Gasteiger partial charge is 0.494 e. The van der Waals surface area contributed by atoms with Gasteiger partial charge in [-0.15, -0.1) is 0 Å². The van der Waals surface area contributed by atoms with Crippen LogP contribution in [0.25, 0.3) is 0 Å². The van der Waals surface area contributed by atoms with Crippen molar-refractivity contribution in [3.8, 4) is 17.6 Å². The quantitative estimate of drug-likeness (QED) is 0.440. The van der Waals surface area contributed by atoms with Crippen LogP contribution in [-0.2, 0) is 4.12 Å². The lowest BCUT2D eigenvalue weighted by molar-refractivity contribution is 0.0734. The molecule has 0 aliphatic heterocycles. The van der Waals surface area contributed by atoms with Crippen molar-refractivity contribution >= 4 is 26.2 Å². The van der Waals surface area contributed by atoms with Crippen LogP contribution in [-0.4, -0.2) is 32.8 Å². The fourth-order valence-electron chi connectivity index (χ4n) is 1.67. The summed E-state index contributed by atoms with van der Waals surface area (Å²) in [5, 5.41) is 8.71. The molecule has 2 aromatic rings. The molecule has 0 saturated heterocycles. The maximum Gasteiger partial charge on any atom is 0.343 e. The number of nitriles is 1. The summed E-state index contributed by atoms with van der Waals surface area (Å²) in [5.74, 6) is 0.693. The fraction of sp³-hybridized carbons (Fsp3) is 0.222. The van der Waals surface area contributed by atoms with Crippen LogP contribution >= 0.6 is 0 Å². The summed E-state index contributed by atoms with van der Waals surface area (Å²) in [6.45, 7) is 4.81. The molecular weight excluding hydrogens is 350 g/mol. The number of esters is 1. The Hall–Kier alpha value is -2.41. The van der Waals surface area contributed by atoms with Gasteiger partial charge in [0.05, 0.1) is 23.8 Å². The topological polar surface area (TPSA) is 68.5 Å². The van der Waals surface area contributed by atoms with Crippen molar-refractivity contribution in [2.75, 3.05) is 6.61 Å². The van der Waals surface area contributed by atoms with Crippen LogP contribution in [0.1, 0.15) is 29.3 Å². The van der Waals surface area contributed by atoms with Crippen LogP contribution in [0.5, 0.6) is 11.5 Å². The van der Waals surface area contributed by atoms with Gasteiger partial charge >= 0.3 is 5.97 Å². The first-order valence-electron chi connectivity index (χ1n) is 8.08. The lowest BCUT2D eigenvalue weighted by atomic mass is 10.2. The molecule has 0 fully saturated rings. The van der Waals surface area contributed by atoms with Gasteiger partial charge in [0.1, 0.15) is 31.7 Å². The number of carbonyl (C=O) groups is 1. The predicted octanol–water partition coefficient (Wildman–Crippen LogP) is 1.98. The van der Waals surface area contributed by atoms with Gasteiger partial charge in [-0.1, -0.05) is 13.5 Å². The van der Waals surface area contributed by atoms with Crippen LogP contribution in [0.3, 0.4) is 0 Å². The number of hydrogen-bond donors (Lipinski definition) is 0. The van der Waals surface area contributed by atoms with Gasteiger partial charge in [0.2, 0.25) is 0 Å². The summed E-state index contributed by atoms with van der Waals surface area (Å²) in [5.41, 5.74) is 0.968. The van der Waals surface area contributed by atoms with Crippen LogP contribution in [0, 0.1) is 11.3 Å². The fourth-order valence-corrected chi connectivity index (χ4v) is 1.67. The van der Waals surface area contributed by atoms with E-state index in [2.05, 4.69) is 6.55 Å². The van der Waals surface area contributed by atoms with Gasteiger partial charge in [-0.25, -0.2) is 4.79 Å². The van der Waals surface area contributed by atoms with Gasteiger partial charge in [-0.2, -0.15) is 5.26 Å². The molecule has 0 N–H and O–H groups in total. The highest BCUT2D eigenvalue weighted by atomic mass is 28.3. The second-order valence-electron chi connectivity index (χ2n) is 4.98. The summed E-state index contributed by atoms with van der Waals surface area (Å²) in [6.07, 6.45) is 0.933. The van der Waals surface area contributed by atoms with E-state index in [1.165, 1.54) is 0 Å². The van der Waals surface area contributed by atoms with Gasteiger partial charge in [-0.3, -0.25) is 0 Å². The minimum Gasteiger partial charge on any atom is -0.494 e. The summed E-state index contributed by atoms with van der Waals surface area (Å²) in [7, 11) is 0.938. The van der Waals surface area contributed by atoms with E-state index >= 15 is 0 Å². The maximum absolute atomic E-state index is 12.0. The maximum atomic E-state index is 12.0. The summed E-state index contributed by atoms with van der Waals surface area (Å²) in [4.78, 5) is 12.0. The predicted molar refractivity (Wildman–Crippen MR) is 104 cm³/mol. The van der Waals surface area contributed by atoms with Crippen LogP contribution in [0.4, 0.5) is 0 Å². The lowest BCUT2D eigenvalue weighted by Crippen LogP contribution is -2.08. The first-order chi connectivity index (χ1) is 12.1. The molecule has 2 aromatic carbocycles. The van der Waals surface area contributed by atoms with E-state index in [0.717, 1.165) is 22.7 Å². The standard InChI is InChI=1S/C17H15NO3.CH8OSi2/c1-2-11-20-15-9-5-14(6-10-15)17(19)21-16-7-3-13(12-18)4-8-16;1-4-2-3/h3-10H,2,11H2,1H3;4H2,1,3H3. The third kappa shape index (κ3) is 7.80. The molecule has 0 aromatic heterocycles. The summed E-state index contributed by atoms with van der Waals surface area (Å²) < 4.78 is 15.5. The zero-order chi connectivity index (χ0) is 18.5. The van der Waals surface area contributed by atoms with Crippen molar-refractivity contribution in [1.82, 2.24) is 0 Å². The minimum absolute atomic E-state index is 0.0139. The third-order valence-corrected chi connectivity index (χ3v) is 5.35. The zero-order valence-electron chi connectivity index (χ0n) is 14.8. The van der Waals surface area contributed by atoms with Crippen molar-refractivity contribution in [2.24, 2.45) is 0 Å². The van der Waals surface area contributed by atoms with Crippen molar-refractivity contribution in [2.45, 2.75) is 19.9 Å². The third-order valence-electron chi connectivity index (χ3n) is 3.05. The number of ether oxygens (including phenoxy) is 2. The van der Waals surface area contributed by atoms with E-state index in [4.69, 9.17) is 18.9 Å². The molecule has 0 radical (unpaired) electrons. The molecule has 132 valence electrons. The molecule has 0 aliphatic carbocycles. The van der Waals surface area contributed by atoms with Crippen molar-refractivity contribution in [1.29, 1.82) is 5.26 Å². The molecule has 5 nitrogen and oxygen atoms in total. The van der Waals surface area contributed by atoms with Crippen molar-refractivity contribution in [3.63, 3.8) is 0 Å². The molecule has 25 heavy (non-hydrogen) atoms. The van der Waals surface area contributed by atoms with Crippen molar-refractivity contribution in [3.05, 3.63) is 59.7 Å². The Morgan fingerprint density at radius 3 is 2.16 bits per heavy atom. The first kappa shape index (κ1) is 20.6. The summed E-state index contributed by atoms with van der Waals surface area (Å²) in [6, 6.07) is 15.2. The van der Waals surface area contributed by atoms with Crippen LogP contribution < -0.4 is 9.47 Å². The van der Waals surface area contributed by atoms with Crippen LogP contribution in [0.15, 0.2) is 48.5 Å². The highest BCUT2D eigenvalue weighted by Crippen LogP contribution is 2.16. The van der Waals surface area contributed by atoms with Gasteiger partial charge in [0, 0.05) is 0 Å². The van der Waals surface area contributed by atoms with Gasteiger partial charge in [-0.05, 0) is 55.0 Å². The van der Waals surface area contributed by atoms with E-state index < -0.39 is 5.97 Å². The number of nitrogens with zero attached hydrogens (tertiary/aromatic N) is 1. The van der Waals surface area contributed by atoms with E-state index in [1.807, 2.05) is 13.0 Å². The van der Waals surface area contributed by atoms with Gasteiger partial charge in [0.15, 0.2) is 0 Å². The molecule has 0 spiro atoms. The average molecular weight is 374 g/mol. The Labute approximate surface area is 154 Å². The SMILES string of the molecule is CCCOc1ccc(C(=O)Oc2ccc(C#N)cc2)cc1.C[SiH2]O[SiH3]. The van der Waals surface area contributed by atoms with Gasteiger partial charge < -0.3 is 13.6 Å².